The Morgan fingerprint density at radius 2 is 0.871 bits per heavy atom. The van der Waals surface area contributed by atoms with Crippen molar-refractivity contribution in [2.75, 3.05) is 7.11 Å². The molecule has 1 aromatic carbocycles. The van der Waals surface area contributed by atoms with Gasteiger partial charge in [0.1, 0.15) is 0 Å². The van der Waals surface area contributed by atoms with E-state index in [2.05, 4.69) is 4.74 Å². The third-order valence-corrected chi connectivity index (χ3v) is 11.0. The molecule has 0 atom stereocenters. The molecule has 31 heavy (non-hydrogen) atoms. The first-order valence-electron chi connectivity index (χ1n) is 9.88. The molecule has 0 heterocycles. The Labute approximate surface area is 189 Å². The average molecular weight is 534 g/mol. The van der Waals surface area contributed by atoms with E-state index in [9.17, 15) is 17.6 Å². The van der Waals surface area contributed by atoms with Crippen molar-refractivity contribution in [3.05, 3.63) is 34.4 Å². The quantitative estimate of drug-likeness (QED) is 0.296. The van der Waals surface area contributed by atoms with Gasteiger partial charge in [0.05, 0.1) is 0 Å². The molecule has 0 bridgehead atoms. The molecular weight excluding hydrogens is 499 g/mol. The molecule has 1 rings (SSSR count). The van der Waals surface area contributed by atoms with Crippen molar-refractivity contribution in [1.29, 1.82) is 0 Å². The molecule has 0 unspecified atom stereocenters. The van der Waals surface area contributed by atoms with E-state index in [4.69, 9.17) is 11.3 Å². The summed E-state index contributed by atoms with van der Waals surface area (Å²) in [7, 11) is 1.16. The second kappa shape index (κ2) is 10.3. The molecule has 0 fully saturated rings. The minimum absolute atomic E-state index is 0.622. The van der Waals surface area contributed by atoms with Crippen LogP contribution in [0.25, 0.3) is 0 Å². The molecule has 0 aromatic heterocycles. The van der Waals surface area contributed by atoms with Gasteiger partial charge in [0.2, 0.25) is 0 Å². The van der Waals surface area contributed by atoms with Crippen LogP contribution in [0.3, 0.4) is 0 Å². The van der Waals surface area contributed by atoms with E-state index in [-0.39, 0.29) is 0 Å². The summed E-state index contributed by atoms with van der Waals surface area (Å²) in [5.41, 5.74) is -4.12. The summed E-state index contributed by atoms with van der Waals surface area (Å²) in [5, 5.41) is 0. The van der Waals surface area contributed by atoms with Crippen molar-refractivity contribution >= 4 is 0 Å². The van der Waals surface area contributed by atoms with E-state index >= 15 is 0 Å². The van der Waals surface area contributed by atoms with Crippen LogP contribution in [0, 0.1) is 23.3 Å². The van der Waals surface area contributed by atoms with Crippen LogP contribution >= 0.6 is 0 Å². The Bertz CT molecular complexity index is 697. The number of hydrogen-bond acceptors (Lipinski definition) is 5. The van der Waals surface area contributed by atoms with E-state index in [0.717, 1.165) is 7.11 Å². The number of halogens is 4. The predicted octanol–water partition coefficient (Wildman–Crippen LogP) is 6.17. The van der Waals surface area contributed by atoms with Crippen molar-refractivity contribution in [3.63, 3.8) is 0 Å². The number of methoxy groups -OCH3 is 1. The van der Waals surface area contributed by atoms with Gasteiger partial charge in [-0.1, -0.05) is 0 Å². The number of rotatable bonds is 8. The molecule has 180 valence electrons. The summed E-state index contributed by atoms with van der Waals surface area (Å²) < 4.78 is 86.6. The topological polar surface area (TPSA) is 46.2 Å². The van der Waals surface area contributed by atoms with Crippen molar-refractivity contribution in [2.45, 2.75) is 92.3 Å². The molecule has 1 aromatic rings. The van der Waals surface area contributed by atoms with Gasteiger partial charge in [-0.25, -0.2) is 0 Å². The average Bonchev–Trinajstić information content (AvgIpc) is 2.52. The minimum atomic E-state index is -5.05. The Kier molecular flexibility index (Phi) is 9.49. The van der Waals surface area contributed by atoms with E-state index < -0.39 is 86.4 Å². The molecule has 5 nitrogen and oxygen atoms in total. The van der Waals surface area contributed by atoms with Gasteiger partial charge in [-0.2, -0.15) is 0 Å². The van der Waals surface area contributed by atoms with E-state index in [1.165, 1.54) is 0 Å². The second-order valence-corrected chi connectivity index (χ2v) is 14.8. The van der Waals surface area contributed by atoms with Crippen LogP contribution in [-0.2, 0) is 51.2 Å². The van der Waals surface area contributed by atoms with E-state index in [1.54, 1.807) is 62.3 Å². The normalized spacial score (nSPS) is 13.7. The Hall–Kier alpha value is -0.377. The van der Waals surface area contributed by atoms with Crippen LogP contribution in [0.5, 0.6) is 0 Å². The monoisotopic (exact) mass is 532 g/mol. The standard InChI is InChI=1S/C9H7F4O2.3C4H9O.Zr/c1-15-3-5-8(12)6(10)4(2-14)7(11)9(5)13;3*1-4(2,3)5;/h2-3H2,1H3;3*1-3H3;/q4*-1;+4. The zero-order valence-corrected chi connectivity index (χ0v) is 22.4. The SMILES string of the molecule is COCc1c(F)c(F)c(C[O][Zr]([O]C(C)(C)C)([O]C(C)(C)C)[O]C(C)(C)C)c(F)c1F. The van der Waals surface area contributed by atoms with Crippen LogP contribution in [0.2, 0.25) is 0 Å². The maximum atomic E-state index is 14.6. The summed E-state index contributed by atoms with van der Waals surface area (Å²) in [6.45, 7) is 14.3. The van der Waals surface area contributed by atoms with Gasteiger partial charge >= 0.3 is 189 Å². The fourth-order valence-electron chi connectivity index (χ4n) is 2.56. The van der Waals surface area contributed by atoms with Gasteiger partial charge in [0, 0.05) is 0 Å². The van der Waals surface area contributed by atoms with Gasteiger partial charge < -0.3 is 0 Å². The van der Waals surface area contributed by atoms with Crippen molar-refractivity contribution in [2.24, 2.45) is 0 Å². The first-order valence-corrected chi connectivity index (χ1v) is 13.9. The number of ether oxygens (including phenoxy) is 1. The predicted molar refractivity (Wildman–Crippen MR) is 104 cm³/mol. The molecule has 0 aliphatic rings. The van der Waals surface area contributed by atoms with Gasteiger partial charge in [-0.05, 0) is 0 Å². The molecule has 0 N–H and O–H groups in total. The van der Waals surface area contributed by atoms with Crippen LogP contribution < -0.4 is 0 Å². The Morgan fingerprint density at radius 3 is 1.13 bits per heavy atom. The summed E-state index contributed by atoms with van der Waals surface area (Å²) in [6.07, 6.45) is 0. The second-order valence-electron chi connectivity index (χ2n) is 10.1. The molecule has 0 saturated carbocycles. The van der Waals surface area contributed by atoms with Gasteiger partial charge in [0.25, 0.3) is 0 Å². The fraction of sp³-hybridized carbons (Fsp3) is 0.714. The Balaban J connectivity index is 3.47. The third-order valence-electron chi connectivity index (χ3n) is 3.42. The van der Waals surface area contributed by atoms with E-state index in [0.29, 0.717) is 0 Å². The maximum absolute atomic E-state index is 14.6. The molecule has 0 saturated heterocycles. The van der Waals surface area contributed by atoms with Gasteiger partial charge in [-0.15, -0.1) is 0 Å². The van der Waals surface area contributed by atoms with Gasteiger partial charge in [-0.3, -0.25) is 0 Å². The first kappa shape index (κ1) is 28.7. The molecule has 0 amide bonds. The molecule has 0 radical (unpaired) electrons. The third kappa shape index (κ3) is 8.82. The molecular formula is C21H34F4O5Zr. The molecule has 0 aliphatic heterocycles. The number of benzene rings is 1. The summed E-state index contributed by atoms with van der Waals surface area (Å²) in [4.78, 5) is 0. The fourth-order valence-corrected chi connectivity index (χ4v) is 9.62. The molecule has 10 heteroatoms. The summed E-state index contributed by atoms with van der Waals surface area (Å²) in [5.74, 6) is -6.20. The van der Waals surface area contributed by atoms with Crippen molar-refractivity contribution in [1.82, 2.24) is 0 Å². The molecule has 0 spiro atoms. The summed E-state index contributed by atoms with van der Waals surface area (Å²) in [6, 6.07) is 0. The summed E-state index contributed by atoms with van der Waals surface area (Å²) >= 11 is -5.05. The van der Waals surface area contributed by atoms with Gasteiger partial charge in [0.15, 0.2) is 0 Å². The van der Waals surface area contributed by atoms with Crippen LogP contribution in [0.15, 0.2) is 0 Å². The van der Waals surface area contributed by atoms with Crippen LogP contribution in [0.1, 0.15) is 73.4 Å². The Morgan fingerprint density at radius 1 is 0.581 bits per heavy atom. The first-order chi connectivity index (χ1) is 13.8. The van der Waals surface area contributed by atoms with Crippen LogP contribution in [-0.4, -0.2) is 23.9 Å². The van der Waals surface area contributed by atoms with Crippen molar-refractivity contribution < 1.29 is 55.6 Å². The zero-order valence-electron chi connectivity index (χ0n) is 20.0. The number of hydrogen-bond donors (Lipinski definition) is 0. The zero-order chi connectivity index (χ0) is 24.4. The van der Waals surface area contributed by atoms with Crippen molar-refractivity contribution in [3.8, 4) is 0 Å². The van der Waals surface area contributed by atoms with Crippen LogP contribution in [0.4, 0.5) is 17.6 Å². The van der Waals surface area contributed by atoms with E-state index in [1.807, 2.05) is 0 Å². The molecule has 0 aliphatic carbocycles.